The Bertz CT molecular complexity index is 3850. The van der Waals surface area contributed by atoms with Gasteiger partial charge in [0.1, 0.15) is 28.9 Å². The fourth-order valence-electron chi connectivity index (χ4n) is 15.1. The highest BCUT2D eigenvalue weighted by atomic mass is 16.4. The van der Waals surface area contributed by atoms with Crippen molar-refractivity contribution in [1.82, 2.24) is 36.5 Å². The zero-order valence-electron chi connectivity index (χ0n) is 68.0. The zero-order chi connectivity index (χ0) is 83.7. The quantitative estimate of drug-likeness (QED) is 0.0241. The first kappa shape index (κ1) is 94.5. The number of carbonyl (C=O) groups excluding carboxylic acids is 13. The molecule has 3 aromatic carbocycles. The fourth-order valence-corrected chi connectivity index (χ4v) is 15.1. The molecule has 0 saturated carbocycles. The topological polar surface area (TPSA) is 425 Å². The van der Waals surface area contributed by atoms with Gasteiger partial charge in [-0.05, 0) is 126 Å². The first-order chi connectivity index (χ1) is 53.6. The third-order valence-corrected chi connectivity index (χ3v) is 21.9. The molecule has 113 heavy (non-hydrogen) atoms. The zero-order valence-corrected chi connectivity index (χ0v) is 68.0. The summed E-state index contributed by atoms with van der Waals surface area (Å²) < 4.78 is 0. The van der Waals surface area contributed by atoms with Gasteiger partial charge in [-0.2, -0.15) is 0 Å². The number of aliphatic hydroxyl groups excluding tert-OH is 2. The summed E-state index contributed by atoms with van der Waals surface area (Å²) in [6.45, 7) is 17.1. The van der Waals surface area contributed by atoms with Crippen LogP contribution < -0.4 is 32.3 Å². The van der Waals surface area contributed by atoms with Crippen LogP contribution in [0.2, 0.25) is 0 Å². The second kappa shape index (κ2) is 46.9. The number of aromatic hydroxyl groups is 1. The van der Waals surface area contributed by atoms with Crippen molar-refractivity contribution in [3.05, 3.63) is 102 Å². The maximum absolute atomic E-state index is 15.8. The highest BCUT2D eigenvalue weighted by Gasteiger charge is 2.48. The predicted octanol–water partition coefficient (Wildman–Crippen LogP) is 9.00. The van der Waals surface area contributed by atoms with Gasteiger partial charge < -0.3 is 67.4 Å². The molecule has 6 rings (SSSR count). The second-order valence-corrected chi connectivity index (χ2v) is 32.4. The number of benzene rings is 3. The van der Waals surface area contributed by atoms with E-state index in [1.807, 2.05) is 64.6 Å². The summed E-state index contributed by atoms with van der Waals surface area (Å²) in [6.07, 6.45) is 2.29. The van der Waals surface area contributed by atoms with Crippen molar-refractivity contribution in [2.45, 2.75) is 266 Å². The van der Waals surface area contributed by atoms with Gasteiger partial charge in [0.15, 0.2) is 28.9 Å². The van der Waals surface area contributed by atoms with Crippen LogP contribution in [0, 0.1) is 46.8 Å². The van der Waals surface area contributed by atoms with Gasteiger partial charge in [-0.1, -0.05) is 154 Å². The number of phenols is 1. The molecule has 2 bridgehead atoms. The van der Waals surface area contributed by atoms with E-state index in [0.29, 0.717) is 42.6 Å². The maximum Gasteiger partial charge on any atom is 0.303 e. The average Bonchev–Trinajstić information content (AvgIpc) is 1.68. The number of hydrogen-bond acceptors (Lipinski definition) is 18. The van der Waals surface area contributed by atoms with E-state index in [9.17, 15) is 63.6 Å². The van der Waals surface area contributed by atoms with Gasteiger partial charge >= 0.3 is 5.97 Å². The van der Waals surface area contributed by atoms with Crippen LogP contribution in [0.5, 0.6) is 5.75 Å². The normalized spacial score (nSPS) is 23.8. The number of fused-ring (bicyclic) bond motifs is 3. The van der Waals surface area contributed by atoms with E-state index in [1.165, 1.54) is 45.0 Å². The Labute approximate surface area is 665 Å². The van der Waals surface area contributed by atoms with E-state index in [-0.39, 0.29) is 113 Å². The van der Waals surface area contributed by atoms with Crippen molar-refractivity contribution in [3.63, 3.8) is 0 Å². The molecule has 622 valence electrons. The Balaban J connectivity index is 0.0000113. The number of nitrogens with zero attached hydrogens (tertiary/aromatic N) is 1. The molecule has 0 radical (unpaired) electrons. The minimum Gasteiger partial charge on any atom is -0.508 e. The van der Waals surface area contributed by atoms with E-state index in [1.54, 1.807) is 49.5 Å². The van der Waals surface area contributed by atoms with Crippen LogP contribution in [0.4, 0.5) is 0 Å². The summed E-state index contributed by atoms with van der Waals surface area (Å²) in [4.78, 5) is 204. The van der Waals surface area contributed by atoms with E-state index in [2.05, 4.69) is 31.6 Å². The van der Waals surface area contributed by atoms with Crippen LogP contribution in [0.1, 0.15) is 227 Å². The number of nitrogens with two attached hydrogens (primary N) is 1. The van der Waals surface area contributed by atoms with E-state index >= 15 is 24.0 Å². The number of carboxylic acid groups (broad SMARTS) is 1. The molecule has 2 aliphatic heterocycles. The van der Waals surface area contributed by atoms with Crippen molar-refractivity contribution in [3.8, 4) is 5.75 Å². The first-order valence-electron chi connectivity index (χ1n) is 40.7. The summed E-state index contributed by atoms with van der Waals surface area (Å²) >= 11 is 0. The summed E-state index contributed by atoms with van der Waals surface area (Å²) in [6, 6.07) is 16.4. The van der Waals surface area contributed by atoms with Gasteiger partial charge in [0.05, 0.1) is 48.1 Å². The van der Waals surface area contributed by atoms with Crippen LogP contribution in [0.15, 0.2) is 85.1 Å². The Kier molecular flexibility index (Phi) is 39.2. The average molecular weight is 1570 g/mol. The van der Waals surface area contributed by atoms with Crippen molar-refractivity contribution in [1.29, 1.82) is 0 Å². The third kappa shape index (κ3) is 31.0. The molecule has 2 unspecified atom stereocenters. The number of aromatic amines is 1. The van der Waals surface area contributed by atoms with Gasteiger partial charge in [-0.25, -0.2) is 0 Å². The summed E-state index contributed by atoms with van der Waals surface area (Å²) in [5, 5.41) is 57.6. The molecule has 2 fully saturated rings. The number of Topliss-reactive ketones (excluding diaryl/α,β-unsaturated/α-hetero) is 7. The number of H-pyrrole nitrogens is 1. The lowest BCUT2D eigenvalue weighted by atomic mass is 9.77. The lowest BCUT2D eigenvalue weighted by Crippen LogP contribution is -2.59. The molecular formula is C87H126N8O18. The number of phenolic OH excluding ortho intramolecular Hbond substituents is 1. The summed E-state index contributed by atoms with van der Waals surface area (Å²) in [5.41, 5.74) is 4.64. The minimum absolute atomic E-state index is 0.00648. The molecule has 26 heteroatoms. The number of carbonyl (C=O) groups is 14. The Morgan fingerprint density at radius 2 is 1.26 bits per heavy atom. The van der Waals surface area contributed by atoms with Crippen LogP contribution >= 0.6 is 0 Å². The molecule has 12 N–H and O–H groups in total. The van der Waals surface area contributed by atoms with E-state index in [4.69, 9.17) is 5.73 Å². The number of primary amides is 1. The fraction of sp³-hybridized carbons (Fsp3) is 0.609. The number of rotatable bonds is 29. The highest BCUT2D eigenvalue weighted by Crippen LogP contribution is 2.34. The molecule has 0 spiro atoms. The van der Waals surface area contributed by atoms with Crippen molar-refractivity contribution in [2.24, 2.45) is 52.6 Å². The smallest absolute Gasteiger partial charge is 0.303 e. The van der Waals surface area contributed by atoms with Gasteiger partial charge in [-0.15, -0.1) is 0 Å². The number of carboxylic acids is 1. The predicted molar refractivity (Wildman–Crippen MR) is 429 cm³/mol. The van der Waals surface area contributed by atoms with Crippen LogP contribution in [0.3, 0.4) is 0 Å². The lowest BCUT2D eigenvalue weighted by Gasteiger charge is -2.33. The summed E-state index contributed by atoms with van der Waals surface area (Å²) in [7, 11) is 0. The molecule has 2 aliphatic rings. The van der Waals surface area contributed by atoms with Crippen molar-refractivity contribution < 1.29 is 87.5 Å². The standard InChI is InChI=1S/C85H120N8O18.C2H6/c1-52(2)38-61-43-72(99)55(6)88-79(107)63(42-68-66-27-18-17-25-60(66)49-87-68)45-73(100)70(41-58-28-31-64(97)32-29-58)90-78(106)59(30-33-77(104)105)46-76(103)85(35-37-93(51-85)36-20-13-11-9-10-12-19-34-84(8,83(86)111)48-75(102)69(39-53(3)4)89-80(61)108)92-81(109)62(40-57-23-15-14-16-24-57)44-74(101)71(50-94)91-82(110)67(56(7)96)47-65(98)26-21-22-54(5)95;1-2/h14-18,23-25,27-29,31-32,49,52-53,55-56,59,61-63,67,69-71,87,94,96-97H,9-13,19-22,26,30,33-48,50-51H2,1-8H3,(H2,86,111)(H,88,107)(H,89,108)(H,90,106)(H,91,110)(H,92,109)(H,104,105);1-2H3/t55-,56?,59+,61+,62+,63+,67-,69-,70-,71-,84+,85+;/m0./s1. The summed E-state index contributed by atoms with van der Waals surface area (Å²) in [5.74, 6) is -16.0. The Hall–Kier alpha value is -9.14. The molecule has 1 aromatic heterocycles. The van der Waals surface area contributed by atoms with Crippen LogP contribution in [-0.2, 0) is 86.4 Å². The molecule has 13 atom stereocenters. The highest BCUT2D eigenvalue weighted by molar-refractivity contribution is 6.01. The van der Waals surface area contributed by atoms with Gasteiger partial charge in [-0.3, -0.25) is 62.3 Å². The number of aromatic nitrogens is 1. The number of ketones is 7. The number of nitrogens with one attached hydrogen (secondary N) is 6. The molecule has 0 aliphatic carbocycles. The molecule has 2 saturated heterocycles. The SMILES string of the molecule is CC.CC(=O)CCCC(=O)C[C@H](C(=O)N[C@@H](CO)C(=O)C[C@@H](Cc1ccccc1)C(=O)N[C@@]12CCN(CCCCCCCCC[C@@](C)(C(N)=O)CC(=O)[C@H](CC(C)C)NC(=O)[C@H](CC(C)C)CC(=O)[C@H](C)NC(=O)[C@H](Cc3[nH]cc4ccccc34)CC(=O)[C@H](Cc3ccc(O)cc3)NC(=O)[C@H](CCC(=O)O)CC1=O)C2)C(C)O. The van der Waals surface area contributed by atoms with Crippen molar-refractivity contribution in [2.75, 3.05) is 26.2 Å². The monoisotopic (exact) mass is 1570 g/mol. The van der Waals surface area contributed by atoms with Crippen LogP contribution in [0.25, 0.3) is 10.8 Å². The number of aliphatic carboxylic acids is 1. The first-order valence-corrected chi connectivity index (χ1v) is 40.7. The molecule has 4 aromatic rings. The van der Waals surface area contributed by atoms with Crippen LogP contribution in [-0.4, -0.2) is 174 Å². The maximum atomic E-state index is 15.8. The minimum atomic E-state index is -1.79. The largest absolute Gasteiger partial charge is 0.508 e. The van der Waals surface area contributed by atoms with Gasteiger partial charge in [0.2, 0.25) is 35.4 Å². The number of amides is 6. The Morgan fingerprint density at radius 3 is 1.88 bits per heavy atom. The van der Waals surface area contributed by atoms with Crippen molar-refractivity contribution >= 4 is 92.7 Å². The molecule has 3 heterocycles. The number of hydrogen-bond donors (Lipinski definition) is 11. The second-order valence-electron chi connectivity index (χ2n) is 32.4. The molecular weight excluding hydrogens is 1440 g/mol. The molecule has 6 amide bonds. The number of aliphatic hydroxyl groups is 2. The van der Waals surface area contributed by atoms with E-state index < -0.39 is 186 Å². The van der Waals surface area contributed by atoms with E-state index in [0.717, 1.165) is 42.9 Å². The van der Waals surface area contributed by atoms with Gasteiger partial charge in [0.25, 0.3) is 0 Å². The lowest BCUT2D eigenvalue weighted by molar-refractivity contribution is -0.140. The van der Waals surface area contributed by atoms with Gasteiger partial charge in [0, 0.05) is 112 Å². The third-order valence-electron chi connectivity index (χ3n) is 21.9. The Morgan fingerprint density at radius 1 is 0.646 bits per heavy atom. The molecule has 26 nitrogen and oxygen atoms in total.